The first-order valence-electron chi connectivity index (χ1n) is 9.20. The number of fused-ring (bicyclic) bond motifs is 1. The standard InChI is InChI=1S/C21H20N4O4/c1-13-6-7-25(12-15-11-22-14(2)10-23-15)21(27)18(13)20(26)24-16-4-3-5-17-19(16)29-9-8-28-17/h3-7,10-11H,8-9,12H2,1-2H3,(H,24,26). The Morgan fingerprint density at radius 1 is 1.14 bits per heavy atom. The van der Waals surface area contributed by atoms with Gasteiger partial charge in [-0.2, -0.15) is 0 Å². The molecular formula is C21H20N4O4. The van der Waals surface area contributed by atoms with Crippen LogP contribution >= 0.6 is 0 Å². The Balaban J connectivity index is 1.63. The van der Waals surface area contributed by atoms with Crippen LogP contribution in [0, 0.1) is 13.8 Å². The number of amides is 1. The van der Waals surface area contributed by atoms with Gasteiger partial charge in [0.15, 0.2) is 11.5 Å². The van der Waals surface area contributed by atoms with E-state index in [1.54, 1.807) is 49.8 Å². The van der Waals surface area contributed by atoms with E-state index in [2.05, 4.69) is 15.3 Å². The van der Waals surface area contributed by atoms with Gasteiger partial charge in [0.1, 0.15) is 18.8 Å². The number of hydrogen-bond acceptors (Lipinski definition) is 6. The largest absolute Gasteiger partial charge is 0.486 e. The summed E-state index contributed by atoms with van der Waals surface area (Å²) in [7, 11) is 0. The van der Waals surface area contributed by atoms with Gasteiger partial charge in [-0.3, -0.25) is 19.6 Å². The molecule has 8 heteroatoms. The van der Waals surface area contributed by atoms with Gasteiger partial charge >= 0.3 is 0 Å². The topological polar surface area (TPSA) is 95.3 Å². The number of rotatable bonds is 4. The molecule has 29 heavy (non-hydrogen) atoms. The van der Waals surface area contributed by atoms with Crippen LogP contribution in [0.25, 0.3) is 0 Å². The Morgan fingerprint density at radius 3 is 2.76 bits per heavy atom. The zero-order chi connectivity index (χ0) is 20.4. The van der Waals surface area contributed by atoms with Crippen LogP contribution in [0.15, 0.2) is 47.7 Å². The predicted octanol–water partition coefficient (Wildman–Crippen LogP) is 2.33. The summed E-state index contributed by atoms with van der Waals surface area (Å²) in [5.41, 5.74) is 2.15. The fraction of sp³-hybridized carbons (Fsp3) is 0.238. The molecule has 0 spiro atoms. The third-order valence-corrected chi connectivity index (χ3v) is 4.58. The van der Waals surface area contributed by atoms with Gasteiger partial charge in [-0.05, 0) is 37.6 Å². The van der Waals surface area contributed by atoms with Crippen LogP contribution in [0.5, 0.6) is 11.5 Å². The van der Waals surface area contributed by atoms with Crippen molar-refractivity contribution in [2.45, 2.75) is 20.4 Å². The van der Waals surface area contributed by atoms with E-state index in [0.717, 1.165) is 5.69 Å². The van der Waals surface area contributed by atoms with Crippen molar-refractivity contribution < 1.29 is 14.3 Å². The first kappa shape index (κ1) is 18.7. The Hall–Kier alpha value is -3.68. The van der Waals surface area contributed by atoms with Crippen molar-refractivity contribution in [2.24, 2.45) is 0 Å². The van der Waals surface area contributed by atoms with Gasteiger partial charge in [0.05, 0.1) is 29.8 Å². The molecule has 148 valence electrons. The van der Waals surface area contributed by atoms with E-state index in [0.29, 0.717) is 41.7 Å². The Kier molecular flexibility index (Phi) is 4.99. The van der Waals surface area contributed by atoms with E-state index in [9.17, 15) is 9.59 Å². The molecule has 1 aromatic carbocycles. The minimum absolute atomic E-state index is 0.0712. The molecule has 1 N–H and O–H groups in total. The van der Waals surface area contributed by atoms with Crippen molar-refractivity contribution in [1.82, 2.24) is 14.5 Å². The summed E-state index contributed by atoms with van der Waals surface area (Å²) in [6.45, 7) is 4.65. The normalized spacial score (nSPS) is 12.5. The second-order valence-electron chi connectivity index (χ2n) is 6.74. The number of pyridine rings is 1. The Labute approximate surface area is 167 Å². The van der Waals surface area contributed by atoms with Crippen molar-refractivity contribution in [1.29, 1.82) is 0 Å². The van der Waals surface area contributed by atoms with Gasteiger partial charge in [-0.25, -0.2) is 0 Å². The zero-order valence-electron chi connectivity index (χ0n) is 16.1. The van der Waals surface area contributed by atoms with Crippen LogP contribution in [-0.2, 0) is 6.54 Å². The molecule has 4 rings (SSSR count). The third-order valence-electron chi connectivity index (χ3n) is 4.58. The number of anilines is 1. The fourth-order valence-electron chi connectivity index (χ4n) is 3.10. The van der Waals surface area contributed by atoms with Gasteiger partial charge in [0.2, 0.25) is 0 Å². The number of nitrogens with one attached hydrogen (secondary N) is 1. The van der Waals surface area contributed by atoms with Gasteiger partial charge in [-0.15, -0.1) is 0 Å². The molecule has 1 aliphatic heterocycles. The Morgan fingerprint density at radius 2 is 1.97 bits per heavy atom. The summed E-state index contributed by atoms with van der Waals surface area (Å²) < 4.78 is 12.6. The number of aromatic nitrogens is 3. The molecule has 1 aliphatic rings. The maximum Gasteiger partial charge on any atom is 0.264 e. The van der Waals surface area contributed by atoms with E-state index in [1.807, 2.05) is 6.92 Å². The Bertz CT molecular complexity index is 1120. The zero-order valence-corrected chi connectivity index (χ0v) is 16.1. The highest BCUT2D eigenvalue weighted by Crippen LogP contribution is 2.37. The molecule has 3 heterocycles. The molecule has 0 fully saturated rings. The van der Waals surface area contributed by atoms with Crippen LogP contribution < -0.4 is 20.3 Å². The van der Waals surface area contributed by atoms with E-state index >= 15 is 0 Å². The van der Waals surface area contributed by atoms with Crippen molar-refractivity contribution in [3.63, 3.8) is 0 Å². The lowest BCUT2D eigenvalue weighted by Gasteiger charge is -2.21. The van der Waals surface area contributed by atoms with Crippen LogP contribution in [0.3, 0.4) is 0 Å². The summed E-state index contributed by atoms with van der Waals surface area (Å²) in [6, 6.07) is 6.98. The summed E-state index contributed by atoms with van der Waals surface area (Å²) in [5.74, 6) is 0.532. The number of carbonyl (C=O) groups is 1. The molecule has 3 aromatic rings. The maximum absolute atomic E-state index is 13.0. The molecule has 1 amide bonds. The molecule has 2 aromatic heterocycles. The van der Waals surface area contributed by atoms with Gasteiger partial charge in [0.25, 0.3) is 11.5 Å². The number of ether oxygens (including phenoxy) is 2. The van der Waals surface area contributed by atoms with E-state index < -0.39 is 11.5 Å². The minimum atomic E-state index is -0.501. The summed E-state index contributed by atoms with van der Waals surface area (Å²) in [4.78, 5) is 34.4. The molecule has 0 saturated heterocycles. The lowest BCUT2D eigenvalue weighted by molar-refractivity contribution is 0.102. The number of carbonyl (C=O) groups excluding carboxylic acids is 1. The highest BCUT2D eigenvalue weighted by Gasteiger charge is 2.21. The SMILES string of the molecule is Cc1cnc(Cn2ccc(C)c(C(=O)Nc3cccc4c3OCCO4)c2=O)cn1. The lowest BCUT2D eigenvalue weighted by atomic mass is 10.1. The molecule has 8 nitrogen and oxygen atoms in total. The van der Waals surface area contributed by atoms with Crippen LogP contribution in [0.2, 0.25) is 0 Å². The molecule has 0 unspecified atom stereocenters. The van der Waals surface area contributed by atoms with E-state index in [4.69, 9.17) is 9.47 Å². The number of aryl methyl sites for hydroxylation is 2. The third kappa shape index (κ3) is 3.82. The molecular weight excluding hydrogens is 372 g/mol. The minimum Gasteiger partial charge on any atom is -0.486 e. The van der Waals surface area contributed by atoms with Crippen LogP contribution in [0.4, 0.5) is 5.69 Å². The van der Waals surface area contributed by atoms with Gasteiger partial charge < -0.3 is 19.4 Å². The first-order chi connectivity index (χ1) is 14.0. The average Bonchev–Trinajstić information content (AvgIpc) is 2.72. The molecule has 0 radical (unpaired) electrons. The maximum atomic E-state index is 13.0. The predicted molar refractivity (Wildman–Crippen MR) is 107 cm³/mol. The van der Waals surface area contributed by atoms with Crippen LogP contribution in [0.1, 0.15) is 27.3 Å². The lowest BCUT2D eigenvalue weighted by Crippen LogP contribution is -2.31. The summed E-state index contributed by atoms with van der Waals surface area (Å²) in [6.07, 6.45) is 4.91. The van der Waals surface area contributed by atoms with Crippen molar-refractivity contribution in [3.8, 4) is 11.5 Å². The summed E-state index contributed by atoms with van der Waals surface area (Å²) in [5, 5.41) is 2.78. The molecule has 0 atom stereocenters. The van der Waals surface area contributed by atoms with Gasteiger partial charge in [-0.1, -0.05) is 6.07 Å². The van der Waals surface area contributed by atoms with Crippen molar-refractivity contribution in [2.75, 3.05) is 18.5 Å². The molecule has 0 aliphatic carbocycles. The number of nitrogens with zero attached hydrogens (tertiary/aromatic N) is 3. The smallest absolute Gasteiger partial charge is 0.264 e. The van der Waals surface area contributed by atoms with E-state index in [-0.39, 0.29) is 12.1 Å². The molecule has 0 saturated carbocycles. The quantitative estimate of drug-likeness (QED) is 0.732. The second-order valence-corrected chi connectivity index (χ2v) is 6.74. The first-order valence-corrected chi connectivity index (χ1v) is 9.20. The molecule has 0 bridgehead atoms. The number of hydrogen-bond donors (Lipinski definition) is 1. The second kappa shape index (κ2) is 7.75. The average molecular weight is 392 g/mol. The monoisotopic (exact) mass is 392 g/mol. The van der Waals surface area contributed by atoms with Crippen molar-refractivity contribution >= 4 is 11.6 Å². The number of para-hydroxylation sites is 1. The highest BCUT2D eigenvalue weighted by atomic mass is 16.6. The van der Waals surface area contributed by atoms with Crippen LogP contribution in [-0.4, -0.2) is 33.7 Å². The number of benzene rings is 1. The summed E-state index contributed by atoms with van der Waals surface area (Å²) >= 11 is 0. The highest BCUT2D eigenvalue weighted by molar-refractivity contribution is 6.06. The van der Waals surface area contributed by atoms with E-state index in [1.165, 1.54) is 4.57 Å². The van der Waals surface area contributed by atoms with Crippen molar-refractivity contribution in [3.05, 3.63) is 75.7 Å². The van der Waals surface area contributed by atoms with Gasteiger partial charge in [0, 0.05) is 12.4 Å². The fourth-order valence-corrected chi connectivity index (χ4v) is 3.10.